The highest BCUT2D eigenvalue weighted by atomic mass is 16.5. The van der Waals surface area contributed by atoms with E-state index < -0.39 is 0 Å². The van der Waals surface area contributed by atoms with Gasteiger partial charge in [0.1, 0.15) is 5.75 Å². The fourth-order valence-corrected chi connectivity index (χ4v) is 2.88. The molecule has 0 saturated carbocycles. The summed E-state index contributed by atoms with van der Waals surface area (Å²) in [5.41, 5.74) is 4.11. The Morgan fingerprint density at radius 1 is 0.724 bits per heavy atom. The van der Waals surface area contributed by atoms with E-state index in [1.165, 1.54) is 0 Å². The highest BCUT2D eigenvalue weighted by molar-refractivity contribution is 5.85. The Morgan fingerprint density at radius 3 is 2.00 bits per heavy atom. The van der Waals surface area contributed by atoms with Crippen LogP contribution >= 0.6 is 0 Å². The monoisotopic (exact) mass is 388 g/mol. The minimum absolute atomic E-state index is 0.0446. The van der Waals surface area contributed by atoms with Crippen LogP contribution in [0.25, 0.3) is 11.1 Å². The number of rotatable bonds is 8. The molecule has 0 atom stereocenters. The Kier molecular flexibility index (Phi) is 7.00. The van der Waals surface area contributed by atoms with Crippen molar-refractivity contribution in [2.45, 2.75) is 13.0 Å². The van der Waals surface area contributed by atoms with Crippen molar-refractivity contribution in [3.63, 3.8) is 0 Å². The van der Waals surface area contributed by atoms with Crippen molar-refractivity contribution in [1.29, 1.82) is 0 Å². The van der Waals surface area contributed by atoms with Gasteiger partial charge in [-0.2, -0.15) is 0 Å². The second kappa shape index (κ2) is 10.1. The van der Waals surface area contributed by atoms with Gasteiger partial charge >= 0.3 is 0 Å². The first kappa shape index (κ1) is 20.1. The van der Waals surface area contributed by atoms with E-state index in [2.05, 4.69) is 10.6 Å². The Bertz CT molecular complexity index is 936. The Hall–Kier alpha value is -3.60. The quantitative estimate of drug-likeness (QED) is 0.622. The second-order valence-electron chi connectivity index (χ2n) is 6.64. The van der Waals surface area contributed by atoms with E-state index in [9.17, 15) is 9.59 Å². The van der Waals surface area contributed by atoms with Gasteiger partial charge in [-0.05, 0) is 34.4 Å². The molecule has 5 heteroatoms. The minimum Gasteiger partial charge on any atom is -0.497 e. The lowest BCUT2D eigenvalue weighted by molar-refractivity contribution is -0.125. The third-order valence-electron chi connectivity index (χ3n) is 4.52. The lowest BCUT2D eigenvalue weighted by Gasteiger charge is -2.08. The predicted octanol–water partition coefficient (Wildman–Crippen LogP) is 3.34. The van der Waals surface area contributed by atoms with Crippen LogP contribution < -0.4 is 15.4 Å². The minimum atomic E-state index is -0.228. The van der Waals surface area contributed by atoms with Gasteiger partial charge in [0.25, 0.3) is 0 Å². The Morgan fingerprint density at radius 2 is 1.34 bits per heavy atom. The maximum Gasteiger partial charge on any atom is 0.239 e. The molecule has 0 aliphatic carbocycles. The summed E-state index contributed by atoms with van der Waals surface area (Å²) in [6, 6.07) is 25.4. The Labute approximate surface area is 170 Å². The number of methoxy groups -OCH3 is 1. The molecule has 3 aromatic carbocycles. The first-order valence-electron chi connectivity index (χ1n) is 9.45. The van der Waals surface area contributed by atoms with E-state index in [1.54, 1.807) is 7.11 Å². The number of hydrogen-bond acceptors (Lipinski definition) is 3. The van der Waals surface area contributed by atoms with E-state index in [1.807, 2.05) is 78.9 Å². The van der Waals surface area contributed by atoms with Gasteiger partial charge in [-0.1, -0.05) is 66.7 Å². The molecule has 0 bridgehead atoms. The number of hydrogen-bond donors (Lipinski definition) is 2. The molecule has 2 N–H and O–H groups in total. The van der Waals surface area contributed by atoms with E-state index in [0.29, 0.717) is 6.54 Å². The number of nitrogens with one attached hydrogen (secondary N) is 2. The summed E-state index contributed by atoms with van der Waals surface area (Å²) in [6.07, 6.45) is 0.237. The van der Waals surface area contributed by atoms with Crippen LogP contribution in [0.1, 0.15) is 11.1 Å². The van der Waals surface area contributed by atoms with Crippen LogP contribution in [-0.4, -0.2) is 25.5 Å². The number of carbonyl (C=O) groups excluding carboxylic acids is 2. The topological polar surface area (TPSA) is 67.4 Å². The fraction of sp³-hybridized carbons (Fsp3) is 0.167. The molecule has 0 aromatic heterocycles. The molecule has 148 valence electrons. The smallest absolute Gasteiger partial charge is 0.239 e. The zero-order valence-electron chi connectivity index (χ0n) is 16.4. The second-order valence-corrected chi connectivity index (χ2v) is 6.64. The third kappa shape index (κ3) is 6.21. The predicted molar refractivity (Wildman–Crippen MR) is 113 cm³/mol. The summed E-state index contributed by atoms with van der Waals surface area (Å²) in [5, 5.41) is 5.45. The van der Waals surface area contributed by atoms with Gasteiger partial charge in [-0.15, -0.1) is 0 Å². The molecule has 0 heterocycles. The van der Waals surface area contributed by atoms with Crippen molar-refractivity contribution in [2.24, 2.45) is 0 Å². The zero-order chi connectivity index (χ0) is 20.5. The van der Waals surface area contributed by atoms with Crippen LogP contribution in [0.4, 0.5) is 0 Å². The Balaban J connectivity index is 1.41. The van der Waals surface area contributed by atoms with Crippen molar-refractivity contribution in [2.75, 3.05) is 13.7 Å². The van der Waals surface area contributed by atoms with E-state index in [4.69, 9.17) is 4.74 Å². The summed E-state index contributed by atoms with van der Waals surface area (Å²) in [5.74, 6) is 0.356. The zero-order valence-corrected chi connectivity index (χ0v) is 16.4. The molecule has 0 unspecified atom stereocenters. The SMILES string of the molecule is COc1ccc(CNC(=O)CNC(=O)Cc2ccc(-c3ccccc3)cc2)cc1. The molecule has 5 nitrogen and oxygen atoms in total. The van der Waals surface area contributed by atoms with Crippen LogP contribution in [0.2, 0.25) is 0 Å². The number of amides is 2. The first-order valence-corrected chi connectivity index (χ1v) is 9.45. The molecular weight excluding hydrogens is 364 g/mol. The average molecular weight is 388 g/mol. The molecule has 0 radical (unpaired) electrons. The van der Waals surface area contributed by atoms with E-state index in [0.717, 1.165) is 28.0 Å². The molecular formula is C24H24N2O3. The molecule has 0 aliphatic rings. The maximum absolute atomic E-state index is 12.1. The maximum atomic E-state index is 12.1. The van der Waals surface area contributed by atoms with Crippen LogP contribution in [0.15, 0.2) is 78.9 Å². The van der Waals surface area contributed by atoms with Crippen molar-refractivity contribution >= 4 is 11.8 Å². The summed E-state index contributed by atoms with van der Waals surface area (Å²) in [7, 11) is 1.61. The molecule has 0 spiro atoms. The third-order valence-corrected chi connectivity index (χ3v) is 4.52. The normalized spacial score (nSPS) is 10.2. The van der Waals surface area contributed by atoms with Crippen LogP contribution in [0, 0.1) is 0 Å². The number of ether oxygens (including phenoxy) is 1. The van der Waals surface area contributed by atoms with E-state index >= 15 is 0 Å². The van der Waals surface area contributed by atoms with Crippen LogP contribution in [0.5, 0.6) is 5.75 Å². The summed E-state index contributed by atoms with van der Waals surface area (Å²) in [6.45, 7) is 0.358. The summed E-state index contributed by atoms with van der Waals surface area (Å²) >= 11 is 0. The van der Waals surface area contributed by atoms with Crippen molar-refractivity contribution in [1.82, 2.24) is 10.6 Å². The number of carbonyl (C=O) groups is 2. The lowest BCUT2D eigenvalue weighted by Crippen LogP contribution is -2.37. The van der Waals surface area contributed by atoms with Gasteiger partial charge in [0.15, 0.2) is 0 Å². The molecule has 0 saturated heterocycles. The van der Waals surface area contributed by atoms with Crippen molar-refractivity contribution in [3.05, 3.63) is 90.0 Å². The van der Waals surface area contributed by atoms with Crippen molar-refractivity contribution in [3.8, 4) is 16.9 Å². The van der Waals surface area contributed by atoms with Crippen LogP contribution in [0.3, 0.4) is 0 Å². The highest BCUT2D eigenvalue weighted by Gasteiger charge is 2.07. The van der Waals surface area contributed by atoms with Gasteiger partial charge in [0.2, 0.25) is 11.8 Å². The highest BCUT2D eigenvalue weighted by Crippen LogP contribution is 2.19. The first-order chi connectivity index (χ1) is 14.1. The molecule has 3 aromatic rings. The summed E-state index contributed by atoms with van der Waals surface area (Å²) in [4.78, 5) is 24.1. The summed E-state index contributed by atoms with van der Waals surface area (Å²) < 4.78 is 5.10. The van der Waals surface area contributed by atoms with Gasteiger partial charge < -0.3 is 15.4 Å². The standard InChI is InChI=1S/C24H24N2O3/c1-29-22-13-9-19(10-14-22)16-25-24(28)17-26-23(27)15-18-7-11-21(12-8-18)20-5-3-2-4-6-20/h2-14H,15-17H2,1H3,(H,25,28)(H,26,27). The molecule has 0 fully saturated rings. The van der Waals surface area contributed by atoms with Gasteiger partial charge in [-0.25, -0.2) is 0 Å². The molecule has 3 rings (SSSR count). The lowest BCUT2D eigenvalue weighted by atomic mass is 10.0. The fourth-order valence-electron chi connectivity index (χ4n) is 2.88. The molecule has 29 heavy (non-hydrogen) atoms. The molecule has 0 aliphatic heterocycles. The van der Waals surface area contributed by atoms with E-state index in [-0.39, 0.29) is 24.8 Å². The largest absolute Gasteiger partial charge is 0.497 e. The van der Waals surface area contributed by atoms with Crippen LogP contribution in [-0.2, 0) is 22.6 Å². The molecule has 2 amide bonds. The van der Waals surface area contributed by atoms with Gasteiger partial charge in [0, 0.05) is 6.54 Å². The average Bonchev–Trinajstić information content (AvgIpc) is 2.78. The number of benzene rings is 3. The van der Waals surface area contributed by atoms with Crippen molar-refractivity contribution < 1.29 is 14.3 Å². The van der Waals surface area contributed by atoms with Gasteiger partial charge in [-0.3, -0.25) is 9.59 Å². The van der Waals surface area contributed by atoms with Gasteiger partial charge in [0.05, 0.1) is 20.1 Å².